The molecule has 1 N–H and O–H groups in total. The normalized spacial score (nSPS) is 10.6. The van der Waals surface area contributed by atoms with E-state index in [9.17, 15) is 4.79 Å². The zero-order valence-corrected chi connectivity index (χ0v) is 14.5. The van der Waals surface area contributed by atoms with E-state index in [-0.39, 0.29) is 11.0 Å². The van der Waals surface area contributed by atoms with Crippen molar-refractivity contribution >= 4 is 46.7 Å². The number of hydrogen-bond donors (Lipinski definition) is 1. The molecule has 3 rings (SSSR count). The highest BCUT2D eigenvalue weighted by Crippen LogP contribution is 2.21. The number of nitrogens with zero attached hydrogens (tertiary/aromatic N) is 3. The van der Waals surface area contributed by atoms with Crippen LogP contribution in [0.3, 0.4) is 0 Å². The molecular weight excluding hydrogens is 371 g/mol. The smallest absolute Gasteiger partial charge is 0.259 e. The van der Waals surface area contributed by atoms with E-state index < -0.39 is 5.91 Å². The van der Waals surface area contributed by atoms with Crippen LogP contribution in [0.4, 0.5) is 5.95 Å². The summed E-state index contributed by atoms with van der Waals surface area (Å²) in [6.07, 6.45) is 1.52. The Labute approximate surface area is 153 Å². The lowest BCUT2D eigenvalue weighted by Gasteiger charge is -2.04. The summed E-state index contributed by atoms with van der Waals surface area (Å²) in [6.45, 7) is 0.449. The Balaban J connectivity index is 1.72. The average molecular weight is 382 g/mol. The Kier molecular flexibility index (Phi) is 5.04. The third kappa shape index (κ3) is 3.87. The zero-order valence-electron chi connectivity index (χ0n) is 12.2. The molecule has 0 fully saturated rings. The number of benzene rings is 2. The minimum atomic E-state index is -0.410. The topological polar surface area (TPSA) is 59.8 Å². The fraction of sp³-hybridized carbons (Fsp3) is 0.0625. The predicted octanol–water partition coefficient (Wildman–Crippen LogP) is 4.54. The molecule has 2 aromatic carbocycles. The van der Waals surface area contributed by atoms with Crippen LogP contribution < -0.4 is 5.32 Å². The van der Waals surface area contributed by atoms with E-state index in [2.05, 4.69) is 15.4 Å². The van der Waals surface area contributed by atoms with Crippen molar-refractivity contribution in [2.75, 3.05) is 5.32 Å². The van der Waals surface area contributed by atoms with Gasteiger partial charge in [0.15, 0.2) is 0 Å². The van der Waals surface area contributed by atoms with Gasteiger partial charge in [0.1, 0.15) is 6.33 Å². The molecule has 0 atom stereocenters. The van der Waals surface area contributed by atoms with Crippen LogP contribution in [-0.2, 0) is 6.54 Å². The van der Waals surface area contributed by atoms with Crippen molar-refractivity contribution in [1.29, 1.82) is 0 Å². The molecule has 122 valence electrons. The molecule has 5 nitrogen and oxygen atoms in total. The van der Waals surface area contributed by atoms with Crippen molar-refractivity contribution in [1.82, 2.24) is 14.8 Å². The fourth-order valence-electron chi connectivity index (χ4n) is 2.07. The number of nitrogens with one attached hydrogen (secondary N) is 1. The number of hydrogen-bond acceptors (Lipinski definition) is 3. The zero-order chi connectivity index (χ0) is 17.1. The quantitative estimate of drug-likeness (QED) is 0.722. The molecule has 0 spiro atoms. The first-order chi connectivity index (χ1) is 11.5. The number of rotatable bonds is 4. The minimum absolute atomic E-state index is 0.179. The van der Waals surface area contributed by atoms with Gasteiger partial charge in [-0.05, 0) is 29.8 Å². The number of carbonyl (C=O) groups is 1. The second kappa shape index (κ2) is 7.21. The van der Waals surface area contributed by atoms with Crippen LogP contribution in [0.25, 0.3) is 0 Å². The maximum atomic E-state index is 12.2. The second-order valence-corrected chi connectivity index (χ2v) is 6.19. The Hall–Kier alpha value is -2.08. The molecular formula is C16H11Cl3N4O. The summed E-state index contributed by atoms with van der Waals surface area (Å²) < 4.78 is 1.58. The van der Waals surface area contributed by atoms with Crippen molar-refractivity contribution in [3.8, 4) is 0 Å². The average Bonchev–Trinajstić information content (AvgIpc) is 2.96. The highest BCUT2D eigenvalue weighted by atomic mass is 35.5. The first-order valence-electron chi connectivity index (χ1n) is 6.92. The van der Waals surface area contributed by atoms with Gasteiger partial charge in [-0.25, -0.2) is 9.67 Å². The number of amides is 1. The summed E-state index contributed by atoms with van der Waals surface area (Å²) in [5.41, 5.74) is 1.20. The predicted molar refractivity (Wildman–Crippen MR) is 95.0 cm³/mol. The number of anilines is 1. The van der Waals surface area contributed by atoms with Gasteiger partial charge in [-0.2, -0.15) is 0 Å². The first-order valence-corrected chi connectivity index (χ1v) is 8.05. The van der Waals surface area contributed by atoms with Gasteiger partial charge >= 0.3 is 0 Å². The minimum Gasteiger partial charge on any atom is -0.289 e. The lowest BCUT2D eigenvalue weighted by molar-refractivity contribution is 0.102. The van der Waals surface area contributed by atoms with Crippen molar-refractivity contribution in [2.45, 2.75) is 6.54 Å². The molecule has 0 bridgehead atoms. The van der Waals surface area contributed by atoms with Gasteiger partial charge in [-0.1, -0.05) is 53.0 Å². The van der Waals surface area contributed by atoms with Crippen molar-refractivity contribution in [2.24, 2.45) is 0 Å². The molecule has 0 aliphatic rings. The van der Waals surface area contributed by atoms with Crippen LogP contribution in [-0.4, -0.2) is 20.7 Å². The molecule has 3 aromatic rings. The monoisotopic (exact) mass is 380 g/mol. The van der Waals surface area contributed by atoms with E-state index in [0.717, 1.165) is 5.56 Å². The van der Waals surface area contributed by atoms with Crippen LogP contribution in [0.1, 0.15) is 15.9 Å². The van der Waals surface area contributed by atoms with Gasteiger partial charge in [0.05, 0.1) is 17.1 Å². The maximum absolute atomic E-state index is 12.2. The van der Waals surface area contributed by atoms with E-state index in [1.54, 1.807) is 22.9 Å². The molecule has 0 unspecified atom stereocenters. The van der Waals surface area contributed by atoms with Crippen LogP contribution in [0.2, 0.25) is 15.1 Å². The standard InChI is InChI=1S/C16H11Cl3N4O/c17-11-5-6-12(14(19)7-11)15(24)21-16-20-9-23(22-16)8-10-3-1-2-4-13(10)18/h1-7,9H,8H2,(H,21,22,24). The molecule has 0 aliphatic heterocycles. The van der Waals surface area contributed by atoms with E-state index in [0.29, 0.717) is 22.2 Å². The Morgan fingerprint density at radius 3 is 2.62 bits per heavy atom. The Morgan fingerprint density at radius 2 is 1.88 bits per heavy atom. The maximum Gasteiger partial charge on any atom is 0.259 e. The fourth-order valence-corrected chi connectivity index (χ4v) is 2.76. The summed E-state index contributed by atoms with van der Waals surface area (Å²) in [5.74, 6) is -0.231. The van der Waals surface area contributed by atoms with Gasteiger partial charge in [0.2, 0.25) is 5.95 Å². The molecule has 8 heteroatoms. The molecule has 1 aromatic heterocycles. The molecule has 24 heavy (non-hydrogen) atoms. The van der Waals surface area contributed by atoms with Crippen LogP contribution in [0, 0.1) is 0 Å². The molecule has 0 saturated carbocycles. The third-order valence-corrected chi connectivity index (χ3v) is 4.14. The van der Waals surface area contributed by atoms with Gasteiger partial charge in [0.25, 0.3) is 5.91 Å². The van der Waals surface area contributed by atoms with Crippen LogP contribution >= 0.6 is 34.8 Å². The first kappa shape index (κ1) is 16.8. The van der Waals surface area contributed by atoms with Gasteiger partial charge in [-0.3, -0.25) is 10.1 Å². The Morgan fingerprint density at radius 1 is 1.08 bits per heavy atom. The summed E-state index contributed by atoms with van der Waals surface area (Å²) in [6, 6.07) is 12.1. The molecule has 0 saturated heterocycles. The Bertz CT molecular complexity index is 895. The third-order valence-electron chi connectivity index (χ3n) is 3.23. The van der Waals surface area contributed by atoms with Crippen LogP contribution in [0.5, 0.6) is 0 Å². The summed E-state index contributed by atoms with van der Waals surface area (Å²) >= 11 is 18.0. The van der Waals surface area contributed by atoms with E-state index in [4.69, 9.17) is 34.8 Å². The van der Waals surface area contributed by atoms with Crippen LogP contribution in [0.15, 0.2) is 48.8 Å². The lowest BCUT2D eigenvalue weighted by atomic mass is 10.2. The van der Waals surface area contributed by atoms with Crippen molar-refractivity contribution in [3.05, 3.63) is 75.0 Å². The number of aromatic nitrogens is 3. The van der Waals surface area contributed by atoms with E-state index in [1.807, 2.05) is 18.2 Å². The molecule has 1 heterocycles. The summed E-state index contributed by atoms with van der Waals surface area (Å²) in [4.78, 5) is 16.3. The summed E-state index contributed by atoms with van der Waals surface area (Å²) in [7, 11) is 0. The SMILES string of the molecule is O=C(Nc1ncn(Cc2ccccc2Cl)n1)c1ccc(Cl)cc1Cl. The molecule has 1 amide bonds. The largest absolute Gasteiger partial charge is 0.289 e. The van der Waals surface area contributed by atoms with Gasteiger partial charge < -0.3 is 0 Å². The highest BCUT2D eigenvalue weighted by molar-refractivity contribution is 6.37. The number of halogens is 3. The lowest BCUT2D eigenvalue weighted by Crippen LogP contribution is -2.14. The molecule has 0 radical (unpaired) electrons. The van der Waals surface area contributed by atoms with E-state index in [1.165, 1.54) is 12.4 Å². The highest BCUT2D eigenvalue weighted by Gasteiger charge is 2.13. The second-order valence-electron chi connectivity index (χ2n) is 4.94. The van der Waals surface area contributed by atoms with Crippen molar-refractivity contribution in [3.63, 3.8) is 0 Å². The van der Waals surface area contributed by atoms with Gasteiger partial charge in [0, 0.05) is 10.0 Å². The van der Waals surface area contributed by atoms with E-state index >= 15 is 0 Å². The van der Waals surface area contributed by atoms with Gasteiger partial charge in [-0.15, -0.1) is 5.10 Å². The molecule has 0 aliphatic carbocycles. The van der Waals surface area contributed by atoms with Crippen molar-refractivity contribution < 1.29 is 4.79 Å². The summed E-state index contributed by atoms with van der Waals surface area (Å²) in [5, 5.41) is 8.16. The number of carbonyl (C=O) groups excluding carboxylic acids is 1.